The quantitative estimate of drug-likeness (QED) is 0.845. The second kappa shape index (κ2) is 5.66. The summed E-state index contributed by atoms with van der Waals surface area (Å²) in [5.74, 6) is -0.000458. The van der Waals surface area contributed by atoms with Gasteiger partial charge in [-0.05, 0) is 32.0 Å². The number of piperidine rings is 1. The summed E-state index contributed by atoms with van der Waals surface area (Å²) in [7, 11) is 2.07. The van der Waals surface area contributed by atoms with Crippen LogP contribution in [0.1, 0.15) is 22.3 Å². The van der Waals surface area contributed by atoms with Crippen LogP contribution in [-0.4, -0.2) is 66.2 Å². The number of hydrogen-bond acceptors (Lipinski definition) is 4. The highest BCUT2D eigenvalue weighted by atomic mass is 16.5. The van der Waals surface area contributed by atoms with Crippen molar-refractivity contribution in [2.75, 3.05) is 33.3 Å². The number of para-hydroxylation sites is 1. The Morgan fingerprint density at radius 3 is 3.00 bits per heavy atom. The van der Waals surface area contributed by atoms with E-state index in [1.807, 2.05) is 24.0 Å². The lowest BCUT2D eigenvalue weighted by molar-refractivity contribution is -0.0870. The van der Waals surface area contributed by atoms with Crippen LogP contribution in [0.25, 0.3) is 0 Å². The highest BCUT2D eigenvalue weighted by molar-refractivity contribution is 5.97. The number of ether oxygens (including phenoxy) is 1. The van der Waals surface area contributed by atoms with E-state index in [0.717, 1.165) is 25.1 Å². The number of fused-ring (bicyclic) bond motifs is 1. The normalized spacial score (nSPS) is 26.5. The van der Waals surface area contributed by atoms with Crippen molar-refractivity contribution in [3.63, 3.8) is 0 Å². The molecule has 1 aromatic rings. The van der Waals surface area contributed by atoms with Crippen LogP contribution in [0.3, 0.4) is 0 Å². The Hall–Kier alpha value is -1.59. The number of nitrogens with zero attached hydrogens (tertiary/aromatic N) is 2. The van der Waals surface area contributed by atoms with Gasteiger partial charge in [-0.2, -0.15) is 0 Å². The number of rotatable bonds is 1. The van der Waals surface area contributed by atoms with Crippen molar-refractivity contribution in [1.29, 1.82) is 0 Å². The van der Waals surface area contributed by atoms with E-state index in [4.69, 9.17) is 4.74 Å². The van der Waals surface area contributed by atoms with Gasteiger partial charge in [0.2, 0.25) is 0 Å². The molecule has 1 aromatic carbocycles. The Balaban J connectivity index is 1.87. The Kier molecular flexibility index (Phi) is 3.87. The van der Waals surface area contributed by atoms with Crippen molar-refractivity contribution in [3.05, 3.63) is 29.3 Å². The average Bonchev–Trinajstić information content (AvgIpc) is 2.48. The summed E-state index contributed by atoms with van der Waals surface area (Å²) >= 11 is 0. The Morgan fingerprint density at radius 1 is 1.38 bits per heavy atom. The van der Waals surface area contributed by atoms with Crippen LogP contribution in [0.2, 0.25) is 0 Å². The first kappa shape index (κ1) is 14.4. The van der Waals surface area contributed by atoms with Crippen molar-refractivity contribution in [2.45, 2.75) is 25.5 Å². The molecule has 2 aliphatic rings. The van der Waals surface area contributed by atoms with Gasteiger partial charge < -0.3 is 19.6 Å². The second-order valence-electron chi connectivity index (χ2n) is 6.00. The third-order valence-electron chi connectivity index (χ3n) is 4.52. The molecule has 0 saturated carbocycles. The standard InChI is InChI=1S/C16H22N2O3/c1-11-4-3-5-12(15(11)19)16(20)18-8-9-21-14-6-7-17(2)10-13(14)18/h3-5,13-14,19H,6-10H2,1-2H3/t13-,14+/m0/s1. The minimum Gasteiger partial charge on any atom is -0.507 e. The van der Waals surface area contributed by atoms with E-state index in [1.165, 1.54) is 0 Å². The van der Waals surface area contributed by atoms with Gasteiger partial charge in [0.15, 0.2) is 0 Å². The van der Waals surface area contributed by atoms with Crippen LogP contribution in [-0.2, 0) is 4.74 Å². The zero-order chi connectivity index (χ0) is 15.0. The van der Waals surface area contributed by atoms with E-state index in [2.05, 4.69) is 11.9 Å². The molecule has 0 aromatic heterocycles. The number of likely N-dealkylation sites (N-methyl/N-ethyl adjacent to an activating group) is 1. The van der Waals surface area contributed by atoms with Crippen molar-refractivity contribution >= 4 is 5.91 Å². The highest BCUT2D eigenvalue weighted by Crippen LogP contribution is 2.28. The summed E-state index contributed by atoms with van der Waals surface area (Å²) in [6.07, 6.45) is 1.07. The van der Waals surface area contributed by atoms with Crippen molar-refractivity contribution in [2.24, 2.45) is 0 Å². The monoisotopic (exact) mass is 290 g/mol. The number of hydrogen-bond donors (Lipinski definition) is 1. The fourth-order valence-corrected chi connectivity index (χ4v) is 3.27. The summed E-state index contributed by atoms with van der Waals surface area (Å²) in [5, 5.41) is 10.2. The molecule has 2 saturated heterocycles. The zero-order valence-corrected chi connectivity index (χ0v) is 12.6. The number of benzene rings is 1. The molecule has 5 nitrogen and oxygen atoms in total. The number of phenolic OH excluding ortho intramolecular Hbond substituents is 1. The topological polar surface area (TPSA) is 53.0 Å². The van der Waals surface area contributed by atoms with Crippen molar-refractivity contribution < 1.29 is 14.6 Å². The van der Waals surface area contributed by atoms with E-state index in [1.54, 1.807) is 6.07 Å². The van der Waals surface area contributed by atoms with Crippen molar-refractivity contribution in [1.82, 2.24) is 9.80 Å². The third kappa shape index (κ3) is 2.63. The zero-order valence-electron chi connectivity index (χ0n) is 12.6. The summed E-state index contributed by atoms with van der Waals surface area (Å²) in [6, 6.07) is 5.39. The number of carbonyl (C=O) groups excluding carboxylic acids is 1. The van der Waals surface area contributed by atoms with E-state index >= 15 is 0 Å². The summed E-state index contributed by atoms with van der Waals surface area (Å²) in [6.45, 7) is 4.79. The van der Waals surface area contributed by atoms with Crippen LogP contribution < -0.4 is 0 Å². The van der Waals surface area contributed by atoms with Gasteiger partial charge in [0.1, 0.15) is 5.75 Å². The van der Waals surface area contributed by atoms with Crippen molar-refractivity contribution in [3.8, 4) is 5.75 Å². The molecule has 1 N–H and O–H groups in total. The molecule has 2 fully saturated rings. The summed E-state index contributed by atoms with van der Waals surface area (Å²) in [5.41, 5.74) is 1.12. The van der Waals surface area contributed by atoms with E-state index in [9.17, 15) is 9.90 Å². The van der Waals surface area contributed by atoms with Gasteiger partial charge in [-0.25, -0.2) is 0 Å². The molecule has 0 spiro atoms. The Morgan fingerprint density at radius 2 is 2.19 bits per heavy atom. The molecule has 114 valence electrons. The maximum atomic E-state index is 12.8. The molecule has 21 heavy (non-hydrogen) atoms. The number of amides is 1. The summed E-state index contributed by atoms with van der Waals surface area (Å²) in [4.78, 5) is 16.9. The van der Waals surface area contributed by atoms with Gasteiger partial charge in [-0.1, -0.05) is 12.1 Å². The molecular weight excluding hydrogens is 268 g/mol. The number of likely N-dealkylation sites (tertiary alicyclic amines) is 1. The predicted molar refractivity (Wildman–Crippen MR) is 79.5 cm³/mol. The Bertz CT molecular complexity index is 546. The van der Waals surface area contributed by atoms with Gasteiger partial charge in [0.05, 0.1) is 24.3 Å². The molecular formula is C16H22N2O3. The first-order valence-electron chi connectivity index (χ1n) is 7.47. The fourth-order valence-electron chi connectivity index (χ4n) is 3.27. The maximum absolute atomic E-state index is 12.8. The van der Waals surface area contributed by atoms with Crippen LogP contribution in [0.4, 0.5) is 0 Å². The van der Waals surface area contributed by atoms with E-state index in [0.29, 0.717) is 18.7 Å². The SMILES string of the molecule is Cc1cccc(C(=O)N2CCO[C@@H]3CCN(C)C[C@@H]32)c1O. The summed E-state index contributed by atoms with van der Waals surface area (Å²) < 4.78 is 5.82. The Labute approximate surface area is 125 Å². The van der Waals surface area contributed by atoms with Gasteiger partial charge in [-0.15, -0.1) is 0 Å². The molecule has 2 heterocycles. The lowest BCUT2D eigenvalue weighted by atomic mass is 9.97. The predicted octanol–water partition coefficient (Wildman–Crippen LogP) is 1.25. The number of aryl methyl sites for hydroxylation is 1. The first-order valence-corrected chi connectivity index (χ1v) is 7.47. The largest absolute Gasteiger partial charge is 0.507 e. The number of morpholine rings is 1. The molecule has 0 radical (unpaired) electrons. The minimum atomic E-state index is -0.0928. The minimum absolute atomic E-state index is 0.0740. The third-order valence-corrected chi connectivity index (χ3v) is 4.52. The molecule has 3 rings (SSSR count). The second-order valence-corrected chi connectivity index (χ2v) is 6.00. The smallest absolute Gasteiger partial charge is 0.258 e. The number of aromatic hydroxyl groups is 1. The van der Waals surface area contributed by atoms with Gasteiger partial charge in [-0.3, -0.25) is 4.79 Å². The van der Waals surface area contributed by atoms with Crippen LogP contribution >= 0.6 is 0 Å². The van der Waals surface area contributed by atoms with E-state index < -0.39 is 0 Å². The average molecular weight is 290 g/mol. The fraction of sp³-hybridized carbons (Fsp3) is 0.562. The molecule has 2 atom stereocenters. The van der Waals surface area contributed by atoms with Crippen LogP contribution in [0.5, 0.6) is 5.75 Å². The van der Waals surface area contributed by atoms with E-state index in [-0.39, 0.29) is 23.8 Å². The molecule has 1 amide bonds. The number of phenols is 1. The maximum Gasteiger partial charge on any atom is 0.258 e. The molecule has 0 aliphatic carbocycles. The lowest BCUT2D eigenvalue weighted by Crippen LogP contribution is -2.60. The molecule has 0 unspecified atom stereocenters. The lowest BCUT2D eigenvalue weighted by Gasteiger charge is -2.46. The molecule has 5 heteroatoms. The van der Waals surface area contributed by atoms with Gasteiger partial charge >= 0.3 is 0 Å². The highest BCUT2D eigenvalue weighted by Gasteiger charge is 2.39. The number of carbonyl (C=O) groups is 1. The molecule has 2 aliphatic heterocycles. The van der Waals surface area contributed by atoms with Crippen LogP contribution in [0, 0.1) is 6.92 Å². The van der Waals surface area contributed by atoms with Gasteiger partial charge in [0, 0.05) is 19.6 Å². The first-order chi connectivity index (χ1) is 10.1. The molecule has 0 bridgehead atoms. The van der Waals surface area contributed by atoms with Crippen LogP contribution in [0.15, 0.2) is 18.2 Å². The van der Waals surface area contributed by atoms with Gasteiger partial charge in [0.25, 0.3) is 5.91 Å².